The second-order valence-corrected chi connectivity index (χ2v) is 6.40. The lowest BCUT2D eigenvalue weighted by Crippen LogP contribution is -2.43. The molecule has 0 aromatic carbocycles. The van der Waals surface area contributed by atoms with Gasteiger partial charge in [0.15, 0.2) is 5.82 Å². The van der Waals surface area contributed by atoms with E-state index in [1.54, 1.807) is 17.2 Å². The van der Waals surface area contributed by atoms with Crippen molar-refractivity contribution in [2.75, 3.05) is 18.0 Å². The van der Waals surface area contributed by atoms with Gasteiger partial charge in [0.25, 0.3) is 0 Å². The van der Waals surface area contributed by atoms with Crippen LogP contribution >= 0.6 is 0 Å². The van der Waals surface area contributed by atoms with E-state index in [1.165, 1.54) is 12.7 Å². The van der Waals surface area contributed by atoms with Gasteiger partial charge in [-0.25, -0.2) is 19.6 Å². The van der Waals surface area contributed by atoms with Crippen molar-refractivity contribution in [3.8, 4) is 5.82 Å². The Morgan fingerprint density at radius 2 is 2.11 bits per heavy atom. The number of hydrogen-bond donors (Lipinski definition) is 1. The third-order valence-corrected chi connectivity index (χ3v) is 4.58. The Balaban J connectivity index is 1.40. The lowest BCUT2D eigenvalue weighted by molar-refractivity contribution is -0.125. The Hall–Kier alpha value is -3.36. The zero-order chi connectivity index (χ0) is 18.5. The van der Waals surface area contributed by atoms with Gasteiger partial charge >= 0.3 is 0 Å². The lowest BCUT2D eigenvalue weighted by Gasteiger charge is -2.32. The van der Waals surface area contributed by atoms with Crippen LogP contribution in [-0.2, 0) is 11.3 Å². The number of nitrogens with zero attached hydrogens (tertiary/aromatic N) is 7. The standard InChI is InChI=1S/C18H20N8O/c27-18(21-9-15-5-1-2-6-20-15)14-4-3-7-25(10-14)16-8-17(23-12-22-16)26-13-19-11-24-26/h1-2,5-6,8,11-14H,3-4,7,9-10H2,(H,21,27). The summed E-state index contributed by atoms with van der Waals surface area (Å²) in [6.07, 6.45) is 8.10. The average molecular weight is 364 g/mol. The van der Waals surface area contributed by atoms with Gasteiger partial charge in [0, 0.05) is 25.4 Å². The number of pyridine rings is 1. The number of carbonyl (C=O) groups is 1. The Morgan fingerprint density at radius 3 is 2.93 bits per heavy atom. The van der Waals surface area contributed by atoms with Crippen LogP contribution < -0.4 is 10.2 Å². The molecule has 0 saturated carbocycles. The molecule has 0 radical (unpaired) electrons. The predicted octanol–water partition coefficient (Wildman–Crippen LogP) is 0.985. The minimum Gasteiger partial charge on any atom is -0.356 e. The molecule has 0 spiro atoms. The summed E-state index contributed by atoms with van der Waals surface area (Å²) in [5.74, 6) is 1.42. The van der Waals surface area contributed by atoms with E-state index in [9.17, 15) is 4.79 Å². The van der Waals surface area contributed by atoms with Gasteiger partial charge in [0.1, 0.15) is 24.8 Å². The molecule has 1 aliphatic heterocycles. The molecule has 1 amide bonds. The van der Waals surface area contributed by atoms with Crippen molar-refractivity contribution >= 4 is 11.7 Å². The summed E-state index contributed by atoms with van der Waals surface area (Å²) in [5, 5.41) is 7.09. The predicted molar refractivity (Wildman–Crippen MR) is 98.0 cm³/mol. The van der Waals surface area contributed by atoms with E-state index in [0.717, 1.165) is 30.9 Å². The highest BCUT2D eigenvalue weighted by Gasteiger charge is 2.26. The molecular formula is C18H20N8O. The largest absolute Gasteiger partial charge is 0.356 e. The molecule has 9 heteroatoms. The molecule has 1 unspecified atom stereocenters. The van der Waals surface area contributed by atoms with Crippen molar-refractivity contribution in [2.24, 2.45) is 5.92 Å². The van der Waals surface area contributed by atoms with Crippen LogP contribution in [0.3, 0.4) is 0 Å². The highest BCUT2D eigenvalue weighted by Crippen LogP contribution is 2.22. The van der Waals surface area contributed by atoms with Crippen LogP contribution in [0.4, 0.5) is 5.82 Å². The molecular weight excluding hydrogens is 344 g/mol. The van der Waals surface area contributed by atoms with E-state index in [2.05, 4.69) is 35.3 Å². The number of carbonyl (C=O) groups excluding carboxylic acids is 1. The smallest absolute Gasteiger partial charge is 0.225 e. The SMILES string of the molecule is O=C(NCc1ccccn1)C1CCCN(c2cc(-n3cncn3)ncn2)C1. The van der Waals surface area contributed by atoms with Crippen LogP contribution in [0.5, 0.6) is 0 Å². The Bertz CT molecular complexity index is 883. The van der Waals surface area contributed by atoms with Crippen molar-refractivity contribution in [1.29, 1.82) is 0 Å². The van der Waals surface area contributed by atoms with Crippen molar-refractivity contribution in [3.05, 3.63) is 55.1 Å². The first-order chi connectivity index (χ1) is 13.3. The summed E-state index contributed by atoms with van der Waals surface area (Å²) in [7, 11) is 0. The Morgan fingerprint density at radius 1 is 1.19 bits per heavy atom. The molecule has 0 bridgehead atoms. The minimum absolute atomic E-state index is 0.0518. The van der Waals surface area contributed by atoms with Gasteiger partial charge in [-0.15, -0.1) is 0 Å². The number of hydrogen-bond acceptors (Lipinski definition) is 7. The molecule has 27 heavy (non-hydrogen) atoms. The van der Waals surface area contributed by atoms with E-state index >= 15 is 0 Å². The molecule has 1 saturated heterocycles. The fourth-order valence-corrected chi connectivity index (χ4v) is 3.19. The first-order valence-corrected chi connectivity index (χ1v) is 8.89. The second-order valence-electron chi connectivity index (χ2n) is 6.40. The fraction of sp³-hybridized carbons (Fsp3) is 0.333. The number of piperidine rings is 1. The fourth-order valence-electron chi connectivity index (χ4n) is 3.19. The van der Waals surface area contributed by atoms with Crippen LogP contribution in [-0.4, -0.2) is 48.7 Å². The van der Waals surface area contributed by atoms with Crippen LogP contribution in [0.25, 0.3) is 5.82 Å². The van der Waals surface area contributed by atoms with Gasteiger partial charge in [0.05, 0.1) is 18.2 Å². The summed E-state index contributed by atoms with van der Waals surface area (Å²) in [5.41, 5.74) is 0.854. The number of aromatic nitrogens is 6. The van der Waals surface area contributed by atoms with Crippen LogP contribution in [0.1, 0.15) is 18.5 Å². The van der Waals surface area contributed by atoms with E-state index in [-0.39, 0.29) is 11.8 Å². The monoisotopic (exact) mass is 364 g/mol. The van der Waals surface area contributed by atoms with Gasteiger partial charge in [-0.2, -0.15) is 5.10 Å². The molecule has 1 atom stereocenters. The van der Waals surface area contributed by atoms with Crippen LogP contribution in [0.2, 0.25) is 0 Å². The van der Waals surface area contributed by atoms with Gasteiger partial charge in [-0.3, -0.25) is 9.78 Å². The molecule has 3 aromatic heterocycles. The quantitative estimate of drug-likeness (QED) is 0.720. The Labute approximate surface area is 156 Å². The first kappa shape index (κ1) is 17.1. The number of rotatable bonds is 5. The maximum atomic E-state index is 12.6. The van der Waals surface area contributed by atoms with Crippen molar-refractivity contribution < 1.29 is 4.79 Å². The van der Waals surface area contributed by atoms with E-state index in [0.29, 0.717) is 18.9 Å². The molecule has 1 aliphatic rings. The lowest BCUT2D eigenvalue weighted by atomic mass is 9.97. The third-order valence-electron chi connectivity index (χ3n) is 4.58. The molecule has 9 nitrogen and oxygen atoms in total. The highest BCUT2D eigenvalue weighted by atomic mass is 16.1. The summed E-state index contributed by atoms with van der Waals surface area (Å²) < 4.78 is 1.59. The molecule has 138 valence electrons. The van der Waals surface area contributed by atoms with E-state index in [1.807, 2.05) is 24.3 Å². The van der Waals surface area contributed by atoms with Crippen molar-refractivity contribution in [1.82, 2.24) is 35.0 Å². The highest BCUT2D eigenvalue weighted by molar-refractivity contribution is 5.79. The van der Waals surface area contributed by atoms with Crippen LogP contribution in [0, 0.1) is 5.92 Å². The van der Waals surface area contributed by atoms with Crippen molar-refractivity contribution in [2.45, 2.75) is 19.4 Å². The van der Waals surface area contributed by atoms with Gasteiger partial charge < -0.3 is 10.2 Å². The molecule has 1 fully saturated rings. The normalized spacial score (nSPS) is 16.9. The molecule has 1 N–H and O–H groups in total. The molecule has 0 aliphatic carbocycles. The maximum absolute atomic E-state index is 12.6. The minimum atomic E-state index is -0.0766. The molecule has 4 heterocycles. The summed E-state index contributed by atoms with van der Waals surface area (Å²) in [6.45, 7) is 1.93. The maximum Gasteiger partial charge on any atom is 0.225 e. The number of nitrogens with one attached hydrogen (secondary N) is 1. The van der Waals surface area contributed by atoms with Gasteiger partial charge in [-0.05, 0) is 25.0 Å². The topological polar surface area (TPSA) is 102 Å². The van der Waals surface area contributed by atoms with E-state index in [4.69, 9.17) is 0 Å². The average Bonchev–Trinajstić information content (AvgIpc) is 3.28. The molecule has 4 rings (SSSR count). The first-order valence-electron chi connectivity index (χ1n) is 8.89. The zero-order valence-electron chi connectivity index (χ0n) is 14.8. The van der Waals surface area contributed by atoms with Gasteiger partial charge in [-0.1, -0.05) is 6.07 Å². The molecule has 3 aromatic rings. The summed E-state index contributed by atoms with van der Waals surface area (Å²) in [4.78, 5) is 31.5. The van der Waals surface area contributed by atoms with E-state index < -0.39 is 0 Å². The summed E-state index contributed by atoms with van der Waals surface area (Å²) >= 11 is 0. The third kappa shape index (κ3) is 4.08. The van der Waals surface area contributed by atoms with Crippen molar-refractivity contribution in [3.63, 3.8) is 0 Å². The second kappa shape index (κ2) is 7.90. The Kier molecular flexibility index (Phi) is 4.99. The number of anilines is 1. The zero-order valence-corrected chi connectivity index (χ0v) is 14.8. The van der Waals surface area contributed by atoms with Gasteiger partial charge in [0.2, 0.25) is 5.91 Å². The van der Waals surface area contributed by atoms with Crippen LogP contribution in [0.15, 0.2) is 49.4 Å². The summed E-state index contributed by atoms with van der Waals surface area (Å²) in [6, 6.07) is 7.54. The number of amides is 1.